The molecule has 1 atom stereocenters. The Labute approximate surface area is 368 Å². The van der Waals surface area contributed by atoms with Crippen LogP contribution < -0.4 is 16.0 Å². The fourth-order valence-corrected chi connectivity index (χ4v) is 9.07. The number of hydrogen-bond donors (Lipinski definition) is 2. The minimum absolute atomic E-state index is 0.546. The Hall–Kier alpha value is -8.02. The maximum absolute atomic E-state index is 6.95. The van der Waals surface area contributed by atoms with Gasteiger partial charge in [-0.1, -0.05) is 178 Å². The van der Waals surface area contributed by atoms with E-state index in [9.17, 15) is 0 Å². The normalized spacial score (nSPS) is 13.7. The van der Waals surface area contributed by atoms with Gasteiger partial charge in [-0.25, -0.2) is 9.98 Å². The molecule has 0 bridgehead atoms. The second-order valence-corrected chi connectivity index (χ2v) is 16.1. The van der Waals surface area contributed by atoms with E-state index >= 15 is 0 Å². The fraction of sp³-hybridized carbons (Fsp3) is 0.0690. The summed E-state index contributed by atoms with van der Waals surface area (Å²) < 4.78 is 0. The van der Waals surface area contributed by atoms with Crippen LogP contribution in [0.2, 0.25) is 0 Å². The van der Waals surface area contributed by atoms with Crippen molar-refractivity contribution in [2.24, 2.45) is 9.98 Å². The molecule has 0 aromatic heterocycles. The van der Waals surface area contributed by atoms with Gasteiger partial charge in [0, 0.05) is 44.9 Å². The van der Waals surface area contributed by atoms with Crippen LogP contribution in [0.4, 0.5) is 17.1 Å². The highest BCUT2D eigenvalue weighted by Crippen LogP contribution is 2.43. The van der Waals surface area contributed by atoms with Gasteiger partial charge in [0.2, 0.25) is 0 Å². The number of anilines is 3. The van der Waals surface area contributed by atoms with Crippen molar-refractivity contribution in [3.05, 3.63) is 229 Å². The third kappa shape index (κ3) is 7.13. The smallest absolute Gasteiger partial charge is 0.170 e. The zero-order chi connectivity index (χ0) is 43.0. The molecule has 0 fully saturated rings. The van der Waals surface area contributed by atoms with Gasteiger partial charge in [-0.3, -0.25) is 0 Å². The van der Waals surface area contributed by atoms with Crippen molar-refractivity contribution in [3.8, 4) is 22.3 Å². The van der Waals surface area contributed by atoms with Gasteiger partial charge in [0.25, 0.3) is 0 Å². The molecule has 304 valence electrons. The average Bonchev–Trinajstić information content (AvgIpc) is 3.34. The number of nitrogen functional groups attached to an aromatic ring is 1. The molecule has 1 aliphatic heterocycles. The van der Waals surface area contributed by atoms with Crippen LogP contribution in [0, 0.1) is 0 Å². The zero-order valence-electron chi connectivity index (χ0n) is 35.5. The number of allylic oxidation sites excluding steroid dienone is 2. The Kier molecular flexibility index (Phi) is 10.2. The standard InChI is InChI=1S/C58H47N5/c1-5-38(4)63(54-29-16-15-20-43(54)37(2)3)42-33-30-39(31-34-42)55-50(27-17-28-53(55)59)48-25-13-14-26-51(48)58-61-56(40-18-7-6-8-19-40)60-57(62-58)41-32-35-49-46-23-10-9-21-44(46)45-22-11-12-24-47(45)52(49)36-41/h6-36,58H,2,4-5,59H2,1,3H3,(H,60,61,62). The summed E-state index contributed by atoms with van der Waals surface area (Å²) in [6.45, 7) is 12.9. The summed E-state index contributed by atoms with van der Waals surface area (Å²) in [5.41, 5.74) is 19.7. The minimum atomic E-state index is -0.546. The van der Waals surface area contributed by atoms with E-state index in [1.807, 2.05) is 37.3 Å². The quantitative estimate of drug-likeness (QED) is 0.107. The topological polar surface area (TPSA) is 66.0 Å². The fourth-order valence-electron chi connectivity index (χ4n) is 9.07. The number of aliphatic imine (C=N–C) groups is 2. The van der Waals surface area contributed by atoms with Crippen LogP contribution in [0.5, 0.6) is 0 Å². The third-order valence-electron chi connectivity index (χ3n) is 12.2. The lowest BCUT2D eigenvalue weighted by Gasteiger charge is -2.29. The van der Waals surface area contributed by atoms with Crippen LogP contribution >= 0.6 is 0 Å². The number of amidine groups is 2. The molecule has 63 heavy (non-hydrogen) atoms. The van der Waals surface area contributed by atoms with Gasteiger partial charge in [-0.15, -0.1) is 0 Å². The van der Waals surface area contributed by atoms with Gasteiger partial charge in [0.05, 0.1) is 5.69 Å². The first-order valence-electron chi connectivity index (χ1n) is 21.5. The molecule has 5 heteroatoms. The lowest BCUT2D eigenvalue weighted by molar-refractivity contribution is 0.757. The Bertz CT molecular complexity index is 3270. The maximum Gasteiger partial charge on any atom is 0.170 e. The van der Waals surface area contributed by atoms with Gasteiger partial charge < -0.3 is 16.0 Å². The molecule has 10 rings (SSSR count). The van der Waals surface area contributed by atoms with Crippen LogP contribution in [0.15, 0.2) is 217 Å². The monoisotopic (exact) mass is 813 g/mol. The highest BCUT2D eigenvalue weighted by molar-refractivity contribution is 6.26. The number of para-hydroxylation sites is 1. The van der Waals surface area contributed by atoms with Gasteiger partial charge in [-0.2, -0.15) is 0 Å². The molecule has 3 N–H and O–H groups in total. The highest BCUT2D eigenvalue weighted by atomic mass is 15.2. The Morgan fingerprint density at radius 1 is 0.556 bits per heavy atom. The summed E-state index contributed by atoms with van der Waals surface area (Å²) in [4.78, 5) is 13.0. The summed E-state index contributed by atoms with van der Waals surface area (Å²) in [5.74, 6) is 1.52. The Morgan fingerprint density at radius 2 is 1.11 bits per heavy atom. The molecule has 0 saturated heterocycles. The van der Waals surface area contributed by atoms with Gasteiger partial charge >= 0.3 is 0 Å². The van der Waals surface area contributed by atoms with Crippen LogP contribution in [0.25, 0.3) is 60.1 Å². The first-order valence-corrected chi connectivity index (χ1v) is 21.5. The molecule has 0 saturated carbocycles. The lowest BCUT2D eigenvalue weighted by Crippen LogP contribution is -2.36. The maximum atomic E-state index is 6.95. The second kappa shape index (κ2) is 16.4. The summed E-state index contributed by atoms with van der Waals surface area (Å²) in [6, 6.07) is 65.9. The summed E-state index contributed by atoms with van der Waals surface area (Å²) >= 11 is 0. The van der Waals surface area contributed by atoms with Crippen LogP contribution in [0.3, 0.4) is 0 Å². The zero-order valence-corrected chi connectivity index (χ0v) is 35.5. The van der Waals surface area contributed by atoms with Crippen molar-refractivity contribution in [2.75, 3.05) is 10.6 Å². The van der Waals surface area contributed by atoms with Crippen molar-refractivity contribution >= 4 is 66.6 Å². The van der Waals surface area contributed by atoms with Crippen LogP contribution in [-0.2, 0) is 0 Å². The molecule has 0 aliphatic carbocycles. The van der Waals surface area contributed by atoms with Crippen LogP contribution in [-0.4, -0.2) is 11.7 Å². The molecule has 9 aromatic rings. The van der Waals surface area contributed by atoms with Crippen molar-refractivity contribution in [2.45, 2.75) is 26.4 Å². The number of nitrogens with one attached hydrogen (secondary N) is 1. The van der Waals surface area contributed by atoms with Crippen molar-refractivity contribution in [1.29, 1.82) is 0 Å². The summed E-state index contributed by atoms with van der Waals surface area (Å²) in [6.07, 6.45) is 0.249. The molecule has 0 spiro atoms. The van der Waals surface area contributed by atoms with E-state index in [2.05, 4.69) is 188 Å². The Balaban J connectivity index is 1.09. The molecule has 1 aliphatic rings. The molecule has 9 aromatic carbocycles. The van der Waals surface area contributed by atoms with Crippen molar-refractivity contribution in [1.82, 2.24) is 5.32 Å². The molecular formula is C58H47N5. The van der Waals surface area contributed by atoms with E-state index in [1.165, 1.54) is 32.3 Å². The minimum Gasteiger partial charge on any atom is -0.398 e. The number of fused-ring (bicyclic) bond motifs is 6. The largest absolute Gasteiger partial charge is 0.398 e. The van der Waals surface area contributed by atoms with E-state index in [-0.39, 0.29) is 0 Å². The SMILES string of the molecule is C=C(C)c1ccccc1N(C(=C)CC)c1ccc(-c2c(N)cccc2-c2ccccc2C2N=C(c3ccccc3)NC(c3ccc4c5ccccc5c5ccccc5c4c3)=N2)cc1. The first kappa shape index (κ1) is 39.1. The molecule has 5 nitrogen and oxygen atoms in total. The van der Waals surface area contributed by atoms with Gasteiger partial charge in [0.1, 0.15) is 11.7 Å². The average molecular weight is 814 g/mol. The summed E-state index contributed by atoms with van der Waals surface area (Å²) in [5, 5.41) is 11.0. The van der Waals surface area contributed by atoms with Gasteiger partial charge in [0.15, 0.2) is 6.17 Å². The van der Waals surface area contributed by atoms with E-state index in [1.54, 1.807) is 0 Å². The van der Waals surface area contributed by atoms with Gasteiger partial charge in [-0.05, 0) is 98.3 Å². The number of hydrogen-bond acceptors (Lipinski definition) is 5. The first-order chi connectivity index (χ1) is 30.9. The predicted molar refractivity (Wildman–Crippen MR) is 269 cm³/mol. The number of nitrogens with zero attached hydrogens (tertiary/aromatic N) is 3. The highest BCUT2D eigenvalue weighted by Gasteiger charge is 2.25. The van der Waals surface area contributed by atoms with Crippen molar-refractivity contribution < 1.29 is 0 Å². The number of rotatable bonds is 10. The number of nitrogens with two attached hydrogens (primary N) is 1. The van der Waals surface area contributed by atoms with E-state index in [0.29, 0.717) is 5.69 Å². The molecule has 0 radical (unpaired) electrons. The molecule has 0 amide bonds. The van der Waals surface area contributed by atoms with E-state index in [4.69, 9.17) is 15.7 Å². The van der Waals surface area contributed by atoms with E-state index in [0.717, 1.165) is 85.2 Å². The lowest BCUT2D eigenvalue weighted by atomic mass is 9.89. The molecule has 1 unspecified atom stereocenters. The molecule has 1 heterocycles. The van der Waals surface area contributed by atoms with Crippen LogP contribution in [0.1, 0.15) is 48.7 Å². The summed E-state index contributed by atoms with van der Waals surface area (Å²) in [7, 11) is 0. The Morgan fingerprint density at radius 3 is 1.79 bits per heavy atom. The molecular weight excluding hydrogens is 767 g/mol. The number of benzene rings is 9. The second-order valence-electron chi connectivity index (χ2n) is 16.1. The predicted octanol–water partition coefficient (Wildman–Crippen LogP) is 14.7. The third-order valence-corrected chi connectivity index (χ3v) is 12.2. The van der Waals surface area contributed by atoms with Crippen molar-refractivity contribution in [3.63, 3.8) is 0 Å². The van der Waals surface area contributed by atoms with E-state index < -0.39 is 6.17 Å².